The van der Waals surface area contributed by atoms with Gasteiger partial charge in [-0.3, -0.25) is 0 Å². The van der Waals surface area contributed by atoms with Gasteiger partial charge in [0.2, 0.25) is 0 Å². The van der Waals surface area contributed by atoms with Gasteiger partial charge in [0, 0.05) is 76.4 Å². The van der Waals surface area contributed by atoms with E-state index in [-0.39, 0.29) is 10.8 Å². The third kappa shape index (κ3) is 9.90. The van der Waals surface area contributed by atoms with E-state index in [0.29, 0.717) is 0 Å². The minimum Gasteiger partial charge on any atom is -0.309 e. The molecular formula is C110H76N4. The molecule has 0 amide bonds. The second-order valence-corrected chi connectivity index (χ2v) is 32.3. The SMILES string of the molecule is CC1(C)c2ccccc2-c2ccc(-c3ccc(-n4c5ccccc5c5cc(-c6ccc7c(c6)c6ccccc6n7-c6ccccc6)ccc54)c4ccccc34)cc21.CC1(C)c2ccccc2-c2ccc(-c3ccc4cc(-n5c6ccccc6c6cc(-c7ccc8c(c7)c7ccccc7n8-c7ccccc7)ccc65)ccc4c3)cc21. The Kier molecular flexibility index (Phi) is 14.4. The second kappa shape index (κ2) is 25.1. The van der Waals surface area contributed by atoms with Gasteiger partial charge in [0.05, 0.1) is 49.8 Å². The summed E-state index contributed by atoms with van der Waals surface area (Å²) in [5.74, 6) is 0. The van der Waals surface area contributed by atoms with Crippen molar-refractivity contribution in [3.63, 3.8) is 0 Å². The number of rotatable bonds is 8. The number of benzene rings is 18. The van der Waals surface area contributed by atoms with Crippen LogP contribution in [0.25, 0.3) is 198 Å². The summed E-state index contributed by atoms with van der Waals surface area (Å²) in [6.45, 7) is 9.42. The molecule has 0 atom stereocenters. The minimum absolute atomic E-state index is 0.0193. The lowest BCUT2D eigenvalue weighted by Crippen LogP contribution is -2.14. The molecule has 0 N–H and O–H groups in total. The minimum atomic E-state index is -0.0493. The second-order valence-electron chi connectivity index (χ2n) is 32.3. The number of nitrogens with zero attached hydrogens (tertiary/aromatic N) is 4. The van der Waals surface area contributed by atoms with Crippen LogP contribution in [0.2, 0.25) is 0 Å². The fourth-order valence-electron chi connectivity index (χ4n) is 19.9. The molecule has 0 saturated carbocycles. The van der Waals surface area contributed by atoms with Crippen molar-refractivity contribution in [3.05, 3.63) is 411 Å². The van der Waals surface area contributed by atoms with Gasteiger partial charge in [0.15, 0.2) is 0 Å². The Morgan fingerprint density at radius 3 is 0.956 bits per heavy atom. The van der Waals surface area contributed by atoms with Crippen molar-refractivity contribution in [1.82, 2.24) is 18.3 Å². The molecular weight excluding hydrogens is 1380 g/mol. The summed E-state index contributed by atoms with van der Waals surface area (Å²) in [4.78, 5) is 0. The molecule has 0 bridgehead atoms. The smallest absolute Gasteiger partial charge is 0.0541 e. The molecule has 114 heavy (non-hydrogen) atoms. The highest BCUT2D eigenvalue weighted by Crippen LogP contribution is 2.53. The Morgan fingerprint density at radius 1 is 0.167 bits per heavy atom. The van der Waals surface area contributed by atoms with E-state index in [9.17, 15) is 0 Å². The lowest BCUT2D eigenvalue weighted by molar-refractivity contribution is 0.660. The molecule has 2 aliphatic rings. The highest BCUT2D eigenvalue weighted by atomic mass is 15.0. The van der Waals surface area contributed by atoms with Crippen molar-refractivity contribution < 1.29 is 0 Å². The van der Waals surface area contributed by atoms with Crippen molar-refractivity contribution >= 4 is 109 Å². The standard InChI is InChI=1S/2C55H38N2/c1-55(2)49-17-9-6-14-43(49)44-27-23-40(34-50(44)55)35-20-21-37-31-42(26-22-36(37)30-35)57-52-19-11-8-16-46(52)48-33-39(25-29-54(48)57)38-24-28-53-47(32-38)45-15-7-10-18-51(45)56(53)41-12-4-3-5-13-41;1-55(2)48-21-11-8-17-41(48)42-27-24-37(34-49(42)55)39-28-31-52(43-18-7-6-16-40(39)43)57-51-23-13-10-20-45(51)47-33-36(26-30-54(47)57)35-25-29-53-46(32-35)44-19-9-12-22-50(44)56(53)38-14-4-3-5-15-38/h2*3-34H,1-2H3. The number of aromatic nitrogens is 4. The summed E-state index contributed by atoms with van der Waals surface area (Å²) in [7, 11) is 0. The van der Waals surface area contributed by atoms with E-state index >= 15 is 0 Å². The largest absolute Gasteiger partial charge is 0.309 e. The van der Waals surface area contributed by atoms with Gasteiger partial charge < -0.3 is 18.3 Å². The summed E-state index contributed by atoms with van der Waals surface area (Å²) in [6.07, 6.45) is 0. The summed E-state index contributed by atoms with van der Waals surface area (Å²) >= 11 is 0. The molecule has 24 rings (SSSR count). The summed E-state index contributed by atoms with van der Waals surface area (Å²) in [5, 5.41) is 15.0. The molecule has 4 heterocycles. The Morgan fingerprint density at radius 2 is 0.474 bits per heavy atom. The molecule has 4 nitrogen and oxygen atoms in total. The van der Waals surface area contributed by atoms with Crippen LogP contribution in [-0.2, 0) is 10.8 Å². The van der Waals surface area contributed by atoms with Crippen LogP contribution in [0.5, 0.6) is 0 Å². The fourth-order valence-corrected chi connectivity index (χ4v) is 19.9. The topological polar surface area (TPSA) is 19.7 Å². The van der Waals surface area contributed by atoms with E-state index in [4.69, 9.17) is 0 Å². The van der Waals surface area contributed by atoms with Gasteiger partial charge >= 0.3 is 0 Å². The van der Waals surface area contributed by atoms with Gasteiger partial charge in [-0.2, -0.15) is 0 Å². The van der Waals surface area contributed by atoms with Crippen LogP contribution in [-0.4, -0.2) is 18.3 Å². The van der Waals surface area contributed by atoms with Crippen molar-refractivity contribution in [1.29, 1.82) is 0 Å². The molecule has 4 aromatic heterocycles. The van der Waals surface area contributed by atoms with Crippen LogP contribution in [0.1, 0.15) is 49.9 Å². The first-order valence-corrected chi connectivity index (χ1v) is 39.9. The van der Waals surface area contributed by atoms with Crippen molar-refractivity contribution in [3.8, 4) is 89.5 Å². The number of hydrogen-bond donors (Lipinski definition) is 0. The monoisotopic (exact) mass is 1450 g/mol. The van der Waals surface area contributed by atoms with Crippen molar-refractivity contribution in [2.45, 2.75) is 38.5 Å². The molecule has 0 unspecified atom stereocenters. The molecule has 0 radical (unpaired) electrons. The van der Waals surface area contributed by atoms with E-state index in [1.165, 1.54) is 221 Å². The molecule has 0 fully saturated rings. The van der Waals surface area contributed by atoms with Gasteiger partial charge in [0.1, 0.15) is 0 Å². The predicted molar refractivity (Wildman–Crippen MR) is 482 cm³/mol. The quantitative estimate of drug-likeness (QED) is 0.144. The molecule has 22 aromatic rings. The molecule has 18 aromatic carbocycles. The predicted octanol–water partition coefficient (Wildman–Crippen LogP) is 29.3. The van der Waals surface area contributed by atoms with E-state index in [1.807, 2.05) is 0 Å². The Hall–Kier alpha value is -14.3. The first kappa shape index (κ1) is 65.6. The van der Waals surface area contributed by atoms with Gasteiger partial charge in [0.25, 0.3) is 0 Å². The molecule has 0 saturated heterocycles. The van der Waals surface area contributed by atoms with E-state index in [1.54, 1.807) is 0 Å². The third-order valence-electron chi connectivity index (χ3n) is 25.4. The van der Waals surface area contributed by atoms with Crippen molar-refractivity contribution in [2.75, 3.05) is 0 Å². The van der Waals surface area contributed by atoms with Gasteiger partial charge in [-0.05, 0) is 239 Å². The lowest BCUT2D eigenvalue weighted by atomic mass is 9.81. The van der Waals surface area contributed by atoms with Crippen LogP contribution in [0.4, 0.5) is 0 Å². The van der Waals surface area contributed by atoms with E-state index < -0.39 is 0 Å². The highest BCUT2D eigenvalue weighted by molar-refractivity contribution is 6.16. The van der Waals surface area contributed by atoms with Gasteiger partial charge in [-0.1, -0.05) is 282 Å². The van der Waals surface area contributed by atoms with Crippen LogP contribution >= 0.6 is 0 Å². The van der Waals surface area contributed by atoms with Crippen LogP contribution in [0.3, 0.4) is 0 Å². The number of hydrogen-bond acceptors (Lipinski definition) is 0. The van der Waals surface area contributed by atoms with Crippen LogP contribution in [0.15, 0.2) is 388 Å². The average Bonchev–Trinajstić information content (AvgIpc) is 1.56. The first-order chi connectivity index (χ1) is 56.1. The molecule has 4 heteroatoms. The van der Waals surface area contributed by atoms with Gasteiger partial charge in [-0.15, -0.1) is 0 Å². The number of para-hydroxylation sites is 6. The maximum atomic E-state index is 2.47. The zero-order valence-electron chi connectivity index (χ0n) is 63.7. The fraction of sp³-hybridized carbons (Fsp3) is 0.0545. The van der Waals surface area contributed by atoms with E-state index in [0.717, 1.165) is 0 Å². The molecule has 2 aliphatic carbocycles. The lowest BCUT2D eigenvalue weighted by Gasteiger charge is -2.22. The number of fused-ring (bicyclic) bond motifs is 20. The zero-order valence-corrected chi connectivity index (χ0v) is 63.7. The first-order valence-electron chi connectivity index (χ1n) is 39.9. The van der Waals surface area contributed by atoms with Crippen LogP contribution in [0, 0.1) is 0 Å². The van der Waals surface area contributed by atoms with Gasteiger partial charge in [-0.25, -0.2) is 0 Å². The average molecular weight is 1450 g/mol. The normalized spacial score (nSPS) is 13.2. The summed E-state index contributed by atoms with van der Waals surface area (Å²) < 4.78 is 9.66. The maximum Gasteiger partial charge on any atom is 0.0541 e. The van der Waals surface area contributed by atoms with Crippen molar-refractivity contribution in [2.24, 2.45) is 0 Å². The summed E-state index contributed by atoms with van der Waals surface area (Å²) in [6, 6.07) is 144. The third-order valence-corrected chi connectivity index (χ3v) is 25.4. The Balaban J connectivity index is 0.000000135. The molecule has 0 aliphatic heterocycles. The zero-order chi connectivity index (χ0) is 75.7. The molecule has 0 spiro atoms. The molecule has 536 valence electrons. The van der Waals surface area contributed by atoms with E-state index in [2.05, 4.69) is 434 Å². The summed E-state index contributed by atoms with van der Waals surface area (Å²) in [5.41, 5.74) is 35.3. The Labute approximate surface area is 661 Å². The Bertz CT molecular complexity index is 7780. The van der Waals surface area contributed by atoms with Crippen LogP contribution < -0.4 is 0 Å². The highest BCUT2D eigenvalue weighted by Gasteiger charge is 2.37. The maximum absolute atomic E-state index is 2.47.